The lowest BCUT2D eigenvalue weighted by molar-refractivity contribution is -0.124. The van der Waals surface area contributed by atoms with Gasteiger partial charge < -0.3 is 19.5 Å². The molecule has 1 aliphatic heterocycles. The highest BCUT2D eigenvalue weighted by Gasteiger charge is 2.18. The van der Waals surface area contributed by atoms with Crippen molar-refractivity contribution in [3.8, 4) is 11.5 Å². The van der Waals surface area contributed by atoms with Crippen LogP contribution in [0.25, 0.3) is 0 Å². The molecule has 130 valence electrons. The summed E-state index contributed by atoms with van der Waals surface area (Å²) in [6.45, 7) is 1.57. The number of carbonyl (C=O) groups excluding carboxylic acids is 2. The van der Waals surface area contributed by atoms with Gasteiger partial charge in [-0.1, -0.05) is 23.7 Å². The van der Waals surface area contributed by atoms with E-state index in [9.17, 15) is 9.59 Å². The van der Waals surface area contributed by atoms with Crippen molar-refractivity contribution in [2.45, 2.75) is 13.0 Å². The number of rotatable bonds is 5. The number of hydrogen-bond donors (Lipinski definition) is 1. The standard InChI is InChI=1S/C18H16ClNO5/c1-11(12-3-2-4-14(19)7-12)20-17(21)9-23-18(22)13-5-6-15-16(8-13)25-10-24-15/h2-8,11H,9-10H2,1H3,(H,20,21)/t11-/m1/s1. The smallest absolute Gasteiger partial charge is 0.338 e. The van der Waals surface area contributed by atoms with E-state index in [2.05, 4.69) is 5.32 Å². The van der Waals surface area contributed by atoms with Gasteiger partial charge in [0.2, 0.25) is 6.79 Å². The van der Waals surface area contributed by atoms with Gasteiger partial charge in [0.15, 0.2) is 18.1 Å². The minimum Gasteiger partial charge on any atom is -0.454 e. The molecular weight excluding hydrogens is 346 g/mol. The van der Waals surface area contributed by atoms with Crippen molar-refractivity contribution in [2.24, 2.45) is 0 Å². The first kappa shape index (κ1) is 17.1. The first-order valence-corrected chi connectivity index (χ1v) is 8.02. The molecule has 25 heavy (non-hydrogen) atoms. The Hall–Kier alpha value is -2.73. The average molecular weight is 362 g/mol. The fourth-order valence-electron chi connectivity index (χ4n) is 2.38. The maximum Gasteiger partial charge on any atom is 0.338 e. The molecule has 3 rings (SSSR count). The fourth-order valence-corrected chi connectivity index (χ4v) is 2.58. The van der Waals surface area contributed by atoms with Gasteiger partial charge in [0.1, 0.15) is 0 Å². The minimum absolute atomic E-state index is 0.123. The van der Waals surface area contributed by atoms with Crippen LogP contribution >= 0.6 is 11.6 Å². The van der Waals surface area contributed by atoms with E-state index in [0.717, 1.165) is 5.56 Å². The maximum atomic E-state index is 12.0. The van der Waals surface area contributed by atoms with Crippen LogP contribution in [0.4, 0.5) is 0 Å². The molecule has 1 amide bonds. The number of fused-ring (bicyclic) bond motifs is 1. The van der Waals surface area contributed by atoms with E-state index in [-0.39, 0.29) is 19.4 Å². The van der Waals surface area contributed by atoms with E-state index in [1.165, 1.54) is 6.07 Å². The summed E-state index contributed by atoms with van der Waals surface area (Å²) in [5, 5.41) is 3.34. The number of halogens is 1. The Morgan fingerprint density at radius 3 is 2.80 bits per heavy atom. The normalized spacial score (nSPS) is 13.2. The van der Waals surface area contributed by atoms with Crippen LogP contribution in [0.1, 0.15) is 28.9 Å². The monoisotopic (exact) mass is 361 g/mol. The third-order valence-corrected chi connectivity index (χ3v) is 3.90. The van der Waals surface area contributed by atoms with Gasteiger partial charge in [-0.15, -0.1) is 0 Å². The summed E-state index contributed by atoms with van der Waals surface area (Å²) in [6.07, 6.45) is 0. The van der Waals surface area contributed by atoms with Gasteiger partial charge in [0.25, 0.3) is 5.91 Å². The number of esters is 1. The molecule has 6 nitrogen and oxygen atoms in total. The third kappa shape index (κ3) is 4.22. The number of amides is 1. The Morgan fingerprint density at radius 2 is 2.00 bits per heavy atom. The van der Waals surface area contributed by atoms with Gasteiger partial charge in [0.05, 0.1) is 11.6 Å². The second kappa shape index (κ2) is 7.44. The van der Waals surface area contributed by atoms with Crippen LogP contribution in [-0.2, 0) is 9.53 Å². The second-order valence-electron chi connectivity index (χ2n) is 5.49. The van der Waals surface area contributed by atoms with Gasteiger partial charge in [-0.3, -0.25) is 4.79 Å². The molecule has 0 radical (unpaired) electrons. The van der Waals surface area contributed by atoms with Gasteiger partial charge in [-0.05, 0) is 42.8 Å². The molecule has 1 N–H and O–H groups in total. The minimum atomic E-state index is -0.608. The Morgan fingerprint density at radius 1 is 1.20 bits per heavy atom. The number of hydrogen-bond acceptors (Lipinski definition) is 5. The zero-order chi connectivity index (χ0) is 17.8. The molecule has 2 aromatic carbocycles. The topological polar surface area (TPSA) is 73.9 Å². The molecular formula is C18H16ClNO5. The molecule has 0 fully saturated rings. The predicted octanol–water partition coefficient (Wildman–Crippen LogP) is 3.10. The van der Waals surface area contributed by atoms with Crippen molar-refractivity contribution < 1.29 is 23.8 Å². The van der Waals surface area contributed by atoms with Crippen LogP contribution in [-0.4, -0.2) is 25.3 Å². The van der Waals surface area contributed by atoms with Crippen molar-refractivity contribution in [3.05, 3.63) is 58.6 Å². The van der Waals surface area contributed by atoms with Crippen molar-refractivity contribution in [1.82, 2.24) is 5.32 Å². The zero-order valence-electron chi connectivity index (χ0n) is 13.5. The molecule has 1 atom stereocenters. The van der Waals surface area contributed by atoms with E-state index >= 15 is 0 Å². The van der Waals surface area contributed by atoms with E-state index in [1.54, 1.807) is 30.3 Å². The van der Waals surface area contributed by atoms with Crippen LogP contribution in [0, 0.1) is 0 Å². The first-order valence-electron chi connectivity index (χ1n) is 7.64. The maximum absolute atomic E-state index is 12.0. The van der Waals surface area contributed by atoms with Crippen LogP contribution in [0.2, 0.25) is 5.02 Å². The Labute approximate surface area is 149 Å². The molecule has 1 aliphatic rings. The van der Waals surface area contributed by atoms with Crippen LogP contribution in [0.15, 0.2) is 42.5 Å². The summed E-state index contributed by atoms with van der Waals surface area (Å²) in [5.41, 5.74) is 1.16. The summed E-state index contributed by atoms with van der Waals surface area (Å²) in [6, 6.07) is 11.6. The van der Waals surface area contributed by atoms with Crippen molar-refractivity contribution in [1.29, 1.82) is 0 Å². The third-order valence-electron chi connectivity index (χ3n) is 3.67. The SMILES string of the molecule is C[C@@H](NC(=O)COC(=O)c1ccc2c(c1)OCO2)c1cccc(Cl)c1. The van der Waals surface area contributed by atoms with Gasteiger partial charge in [0, 0.05) is 5.02 Å². The Kier molecular flexibility index (Phi) is 5.09. The van der Waals surface area contributed by atoms with E-state index < -0.39 is 11.9 Å². The Balaban J connectivity index is 1.52. The molecule has 0 bridgehead atoms. The molecule has 2 aromatic rings. The molecule has 0 spiro atoms. The molecule has 0 saturated carbocycles. The quantitative estimate of drug-likeness (QED) is 0.828. The van der Waals surface area contributed by atoms with Crippen molar-refractivity contribution in [2.75, 3.05) is 13.4 Å². The van der Waals surface area contributed by atoms with Gasteiger partial charge in [-0.25, -0.2) is 4.79 Å². The van der Waals surface area contributed by atoms with Crippen molar-refractivity contribution >= 4 is 23.5 Å². The number of ether oxygens (including phenoxy) is 3. The van der Waals surface area contributed by atoms with Crippen molar-refractivity contribution in [3.63, 3.8) is 0 Å². The van der Waals surface area contributed by atoms with Crippen LogP contribution in [0.3, 0.4) is 0 Å². The van der Waals surface area contributed by atoms with Crippen LogP contribution < -0.4 is 14.8 Å². The molecule has 1 heterocycles. The first-order chi connectivity index (χ1) is 12.0. The van der Waals surface area contributed by atoms with E-state index in [0.29, 0.717) is 22.1 Å². The molecule has 0 aromatic heterocycles. The predicted molar refractivity (Wildman–Crippen MR) is 90.9 cm³/mol. The van der Waals surface area contributed by atoms with E-state index in [4.69, 9.17) is 25.8 Å². The highest BCUT2D eigenvalue weighted by Crippen LogP contribution is 2.32. The molecule has 0 unspecified atom stereocenters. The lowest BCUT2D eigenvalue weighted by atomic mass is 10.1. The number of carbonyl (C=O) groups is 2. The van der Waals surface area contributed by atoms with Crippen LogP contribution in [0.5, 0.6) is 11.5 Å². The van der Waals surface area contributed by atoms with E-state index in [1.807, 2.05) is 13.0 Å². The number of benzene rings is 2. The highest BCUT2D eigenvalue weighted by molar-refractivity contribution is 6.30. The summed E-state index contributed by atoms with van der Waals surface area (Å²) >= 11 is 5.94. The average Bonchev–Trinajstić information content (AvgIpc) is 3.07. The summed E-state index contributed by atoms with van der Waals surface area (Å²) in [5.74, 6) is 0.0450. The summed E-state index contributed by atoms with van der Waals surface area (Å²) in [7, 11) is 0. The van der Waals surface area contributed by atoms with Gasteiger partial charge >= 0.3 is 5.97 Å². The number of nitrogens with one attached hydrogen (secondary N) is 1. The Bertz CT molecular complexity index is 808. The lowest BCUT2D eigenvalue weighted by Crippen LogP contribution is -2.31. The van der Waals surface area contributed by atoms with Gasteiger partial charge in [-0.2, -0.15) is 0 Å². The summed E-state index contributed by atoms with van der Waals surface area (Å²) < 4.78 is 15.4. The molecule has 0 saturated heterocycles. The summed E-state index contributed by atoms with van der Waals surface area (Å²) in [4.78, 5) is 24.0. The lowest BCUT2D eigenvalue weighted by Gasteiger charge is -2.14. The second-order valence-corrected chi connectivity index (χ2v) is 5.92. The largest absolute Gasteiger partial charge is 0.454 e. The fraction of sp³-hybridized carbons (Fsp3) is 0.222. The molecule has 0 aliphatic carbocycles. The zero-order valence-corrected chi connectivity index (χ0v) is 14.2. The highest BCUT2D eigenvalue weighted by atomic mass is 35.5. The molecule has 7 heteroatoms.